The average molecular weight is 338 g/mol. The molecule has 5 heteroatoms. The highest BCUT2D eigenvalue weighted by atomic mass is 16.5. The summed E-state index contributed by atoms with van der Waals surface area (Å²) in [4.78, 5) is 11.8. The molecule has 0 spiro atoms. The van der Waals surface area contributed by atoms with E-state index in [9.17, 15) is 9.90 Å². The third kappa shape index (κ3) is 6.66. The molecule has 0 saturated heterocycles. The summed E-state index contributed by atoms with van der Waals surface area (Å²) in [5.41, 5.74) is 2.69. The van der Waals surface area contributed by atoms with Crippen molar-refractivity contribution in [3.8, 4) is 11.8 Å². The Morgan fingerprint density at radius 2 is 2.04 bits per heavy atom. The van der Waals surface area contributed by atoms with Crippen molar-refractivity contribution < 1.29 is 14.6 Å². The maximum absolute atomic E-state index is 11.8. The third-order valence-corrected chi connectivity index (χ3v) is 3.69. The molecule has 130 valence electrons. The van der Waals surface area contributed by atoms with Crippen LogP contribution in [0.3, 0.4) is 0 Å². The van der Waals surface area contributed by atoms with E-state index in [1.165, 1.54) is 0 Å². The Labute approximate surface area is 147 Å². The summed E-state index contributed by atoms with van der Waals surface area (Å²) >= 11 is 0. The number of ether oxygens (including phenoxy) is 1. The maximum Gasteiger partial charge on any atom is 0.220 e. The van der Waals surface area contributed by atoms with E-state index >= 15 is 0 Å². The van der Waals surface area contributed by atoms with Crippen LogP contribution in [0, 0.1) is 18.3 Å². The van der Waals surface area contributed by atoms with Gasteiger partial charge in [-0.05, 0) is 48.7 Å². The van der Waals surface area contributed by atoms with Crippen LogP contribution in [0.25, 0.3) is 0 Å². The summed E-state index contributed by atoms with van der Waals surface area (Å²) in [6.07, 6.45) is 0.157. The van der Waals surface area contributed by atoms with Gasteiger partial charge in [0, 0.05) is 13.0 Å². The lowest BCUT2D eigenvalue weighted by molar-refractivity contribution is -0.121. The molecule has 0 saturated carbocycles. The molecular weight excluding hydrogens is 316 g/mol. The Morgan fingerprint density at radius 1 is 1.28 bits per heavy atom. The molecule has 0 aliphatic heterocycles. The molecular formula is C20H22N2O3. The Bertz CT molecular complexity index is 735. The van der Waals surface area contributed by atoms with Gasteiger partial charge in [0.2, 0.25) is 5.91 Å². The highest BCUT2D eigenvalue weighted by Crippen LogP contribution is 2.12. The zero-order valence-corrected chi connectivity index (χ0v) is 14.2. The van der Waals surface area contributed by atoms with Gasteiger partial charge in [0.1, 0.15) is 18.5 Å². The first-order chi connectivity index (χ1) is 12.1. The quantitative estimate of drug-likeness (QED) is 0.774. The second kappa shape index (κ2) is 9.45. The maximum atomic E-state index is 11.8. The molecule has 1 atom stereocenters. The number of benzene rings is 2. The molecule has 2 N–H and O–H groups in total. The zero-order valence-electron chi connectivity index (χ0n) is 14.2. The number of hydrogen-bond acceptors (Lipinski definition) is 4. The van der Waals surface area contributed by atoms with Gasteiger partial charge in [0.05, 0.1) is 11.6 Å². The zero-order chi connectivity index (χ0) is 18.1. The van der Waals surface area contributed by atoms with Gasteiger partial charge < -0.3 is 15.2 Å². The van der Waals surface area contributed by atoms with Crippen LogP contribution in [0.15, 0.2) is 48.5 Å². The summed E-state index contributed by atoms with van der Waals surface area (Å²) in [6.45, 7) is 2.24. The van der Waals surface area contributed by atoms with Crippen molar-refractivity contribution in [2.45, 2.75) is 25.9 Å². The van der Waals surface area contributed by atoms with Gasteiger partial charge in [0.15, 0.2) is 0 Å². The van der Waals surface area contributed by atoms with Crippen LogP contribution in [0.4, 0.5) is 0 Å². The molecule has 25 heavy (non-hydrogen) atoms. The highest BCUT2D eigenvalue weighted by Gasteiger charge is 2.08. The molecule has 5 nitrogen and oxygen atoms in total. The summed E-state index contributed by atoms with van der Waals surface area (Å²) < 4.78 is 5.50. The van der Waals surface area contributed by atoms with Crippen molar-refractivity contribution in [1.82, 2.24) is 5.32 Å². The summed E-state index contributed by atoms with van der Waals surface area (Å²) in [5.74, 6) is 0.574. The fourth-order valence-corrected chi connectivity index (χ4v) is 2.28. The fourth-order valence-electron chi connectivity index (χ4n) is 2.28. The number of carbonyl (C=O) groups is 1. The van der Waals surface area contributed by atoms with Gasteiger partial charge in [-0.3, -0.25) is 4.79 Å². The van der Waals surface area contributed by atoms with Gasteiger partial charge in [-0.2, -0.15) is 5.26 Å². The van der Waals surface area contributed by atoms with E-state index in [1.54, 1.807) is 12.1 Å². The molecule has 0 fully saturated rings. The Morgan fingerprint density at radius 3 is 2.72 bits per heavy atom. The molecule has 2 rings (SSSR count). The monoisotopic (exact) mass is 338 g/mol. The van der Waals surface area contributed by atoms with Gasteiger partial charge in [-0.15, -0.1) is 0 Å². The number of aliphatic hydroxyl groups is 1. The standard InChI is InChI=1S/C20H22N2O3/c1-15-3-2-4-19(11-15)25-14-18(23)13-22-20(24)10-9-16-5-7-17(12-21)8-6-16/h2-8,11,18,23H,9-10,13-14H2,1H3,(H,22,24). The van der Waals surface area contributed by atoms with Crippen LogP contribution >= 0.6 is 0 Å². The number of nitrogens with one attached hydrogen (secondary N) is 1. The smallest absolute Gasteiger partial charge is 0.220 e. The van der Waals surface area contributed by atoms with Crippen LogP contribution in [0.2, 0.25) is 0 Å². The molecule has 0 aliphatic rings. The van der Waals surface area contributed by atoms with Crippen molar-refractivity contribution in [2.24, 2.45) is 0 Å². The normalized spacial score (nSPS) is 11.4. The summed E-state index contributed by atoms with van der Waals surface area (Å²) in [6, 6.07) is 16.8. The van der Waals surface area contributed by atoms with Gasteiger partial charge in [-0.25, -0.2) is 0 Å². The molecule has 0 bridgehead atoms. The first-order valence-corrected chi connectivity index (χ1v) is 8.20. The first-order valence-electron chi connectivity index (χ1n) is 8.20. The molecule has 1 amide bonds. The lowest BCUT2D eigenvalue weighted by atomic mass is 10.1. The second-order valence-corrected chi connectivity index (χ2v) is 5.89. The van der Waals surface area contributed by atoms with E-state index in [1.807, 2.05) is 43.3 Å². The molecule has 2 aromatic rings. The van der Waals surface area contributed by atoms with Crippen molar-refractivity contribution in [1.29, 1.82) is 5.26 Å². The van der Waals surface area contributed by atoms with Crippen molar-refractivity contribution in [3.05, 3.63) is 65.2 Å². The predicted octanol–water partition coefficient (Wildman–Crippen LogP) is 2.36. The fraction of sp³-hybridized carbons (Fsp3) is 0.300. The minimum absolute atomic E-state index is 0.124. The van der Waals surface area contributed by atoms with Crippen LogP contribution in [0.1, 0.15) is 23.1 Å². The lowest BCUT2D eigenvalue weighted by Crippen LogP contribution is -2.35. The van der Waals surface area contributed by atoms with Crippen LogP contribution in [-0.4, -0.2) is 30.3 Å². The summed E-state index contributed by atoms with van der Waals surface area (Å²) in [5, 5.41) is 21.4. The van der Waals surface area contributed by atoms with E-state index in [2.05, 4.69) is 11.4 Å². The van der Waals surface area contributed by atoms with E-state index in [4.69, 9.17) is 10.00 Å². The number of nitrogens with zero attached hydrogens (tertiary/aromatic N) is 1. The number of carbonyl (C=O) groups excluding carboxylic acids is 1. The number of hydrogen-bond donors (Lipinski definition) is 2. The van der Waals surface area contributed by atoms with Crippen molar-refractivity contribution in [2.75, 3.05) is 13.2 Å². The van der Waals surface area contributed by atoms with Crippen LogP contribution in [-0.2, 0) is 11.2 Å². The lowest BCUT2D eigenvalue weighted by Gasteiger charge is -2.13. The molecule has 0 heterocycles. The Kier molecular flexibility index (Phi) is 7.00. The van der Waals surface area contributed by atoms with Gasteiger partial charge in [0.25, 0.3) is 0 Å². The number of amides is 1. The number of aryl methyl sites for hydroxylation is 2. The van der Waals surface area contributed by atoms with Crippen molar-refractivity contribution in [3.63, 3.8) is 0 Å². The Hall–Kier alpha value is -2.84. The molecule has 0 aliphatic carbocycles. The minimum atomic E-state index is -0.764. The second-order valence-electron chi connectivity index (χ2n) is 5.89. The Balaban J connectivity index is 1.65. The molecule has 0 radical (unpaired) electrons. The average Bonchev–Trinajstić information content (AvgIpc) is 2.63. The summed E-state index contributed by atoms with van der Waals surface area (Å²) in [7, 11) is 0. The SMILES string of the molecule is Cc1cccc(OCC(O)CNC(=O)CCc2ccc(C#N)cc2)c1. The van der Waals surface area contributed by atoms with E-state index in [0.29, 0.717) is 24.2 Å². The molecule has 2 aromatic carbocycles. The van der Waals surface area contributed by atoms with Gasteiger partial charge >= 0.3 is 0 Å². The largest absolute Gasteiger partial charge is 0.491 e. The van der Waals surface area contributed by atoms with Gasteiger partial charge in [-0.1, -0.05) is 24.3 Å². The molecule has 0 aromatic heterocycles. The van der Waals surface area contributed by atoms with Crippen molar-refractivity contribution >= 4 is 5.91 Å². The third-order valence-electron chi connectivity index (χ3n) is 3.69. The predicted molar refractivity (Wildman–Crippen MR) is 95.2 cm³/mol. The first kappa shape index (κ1) is 18.5. The van der Waals surface area contributed by atoms with Crippen LogP contribution < -0.4 is 10.1 Å². The molecule has 1 unspecified atom stereocenters. The number of rotatable bonds is 8. The number of nitriles is 1. The highest BCUT2D eigenvalue weighted by molar-refractivity contribution is 5.76. The van der Waals surface area contributed by atoms with E-state index in [-0.39, 0.29) is 19.1 Å². The van der Waals surface area contributed by atoms with E-state index in [0.717, 1.165) is 11.1 Å². The van der Waals surface area contributed by atoms with E-state index < -0.39 is 6.10 Å². The number of aliphatic hydroxyl groups excluding tert-OH is 1. The van der Waals surface area contributed by atoms with Crippen LogP contribution in [0.5, 0.6) is 5.75 Å². The topological polar surface area (TPSA) is 82.3 Å². The minimum Gasteiger partial charge on any atom is -0.491 e.